The van der Waals surface area contributed by atoms with Gasteiger partial charge >= 0.3 is 0 Å². The summed E-state index contributed by atoms with van der Waals surface area (Å²) in [7, 11) is 0. The lowest BCUT2D eigenvalue weighted by Crippen LogP contribution is -2.32. The maximum atomic E-state index is 12.1. The van der Waals surface area contributed by atoms with Gasteiger partial charge in [-0.3, -0.25) is 4.79 Å². The Labute approximate surface area is 125 Å². The van der Waals surface area contributed by atoms with Crippen LogP contribution in [0.1, 0.15) is 36.5 Å². The van der Waals surface area contributed by atoms with Gasteiger partial charge in [0.05, 0.1) is 6.61 Å². The SMILES string of the molecule is CCCCOc1ccc(C(=O)N[C@@H]2C=C[C@H](CO)C2)cc1. The Morgan fingerprint density at radius 2 is 2.10 bits per heavy atom. The van der Waals surface area contributed by atoms with Crippen LogP contribution in [-0.4, -0.2) is 30.3 Å². The summed E-state index contributed by atoms with van der Waals surface area (Å²) in [4.78, 5) is 12.1. The second-order valence-corrected chi connectivity index (χ2v) is 5.37. The van der Waals surface area contributed by atoms with Gasteiger partial charge < -0.3 is 15.2 Å². The molecule has 2 rings (SSSR count). The lowest BCUT2D eigenvalue weighted by molar-refractivity contribution is 0.0941. The molecule has 1 amide bonds. The van der Waals surface area contributed by atoms with Gasteiger partial charge in [-0.05, 0) is 37.1 Å². The first-order chi connectivity index (χ1) is 10.2. The molecule has 2 atom stereocenters. The van der Waals surface area contributed by atoms with Crippen LogP contribution in [0.4, 0.5) is 0 Å². The lowest BCUT2D eigenvalue weighted by atomic mass is 10.1. The largest absolute Gasteiger partial charge is 0.494 e. The highest BCUT2D eigenvalue weighted by molar-refractivity contribution is 5.94. The molecule has 1 aromatic rings. The molecule has 0 radical (unpaired) electrons. The van der Waals surface area contributed by atoms with Crippen LogP contribution in [0.3, 0.4) is 0 Å². The number of ether oxygens (including phenoxy) is 1. The average molecular weight is 289 g/mol. The molecule has 114 valence electrons. The second kappa shape index (κ2) is 7.84. The van der Waals surface area contributed by atoms with Crippen molar-refractivity contribution in [2.75, 3.05) is 13.2 Å². The molecule has 0 fully saturated rings. The van der Waals surface area contributed by atoms with Crippen molar-refractivity contribution in [1.29, 1.82) is 0 Å². The molecule has 0 bridgehead atoms. The van der Waals surface area contributed by atoms with Crippen molar-refractivity contribution in [3.05, 3.63) is 42.0 Å². The first-order valence-corrected chi connectivity index (χ1v) is 7.56. The number of amides is 1. The van der Waals surface area contributed by atoms with E-state index >= 15 is 0 Å². The third kappa shape index (κ3) is 4.60. The van der Waals surface area contributed by atoms with Crippen LogP contribution in [0, 0.1) is 5.92 Å². The fourth-order valence-corrected chi connectivity index (χ4v) is 2.31. The van der Waals surface area contributed by atoms with Crippen molar-refractivity contribution in [2.45, 2.75) is 32.2 Å². The van der Waals surface area contributed by atoms with Gasteiger partial charge in [0, 0.05) is 24.1 Å². The van der Waals surface area contributed by atoms with Crippen molar-refractivity contribution < 1.29 is 14.6 Å². The van der Waals surface area contributed by atoms with Crippen LogP contribution in [-0.2, 0) is 0 Å². The van der Waals surface area contributed by atoms with E-state index in [2.05, 4.69) is 12.2 Å². The number of hydrogen-bond donors (Lipinski definition) is 2. The Bertz CT molecular complexity index is 481. The highest BCUT2D eigenvalue weighted by Gasteiger charge is 2.20. The number of rotatable bonds is 7. The maximum Gasteiger partial charge on any atom is 0.251 e. The van der Waals surface area contributed by atoms with E-state index < -0.39 is 0 Å². The lowest BCUT2D eigenvalue weighted by Gasteiger charge is -2.13. The molecule has 2 N–H and O–H groups in total. The molecule has 1 aromatic carbocycles. The number of benzene rings is 1. The predicted octanol–water partition coefficient (Wildman–Crippen LogP) is 2.53. The van der Waals surface area contributed by atoms with Crippen molar-refractivity contribution in [1.82, 2.24) is 5.32 Å². The zero-order valence-corrected chi connectivity index (χ0v) is 12.4. The van der Waals surface area contributed by atoms with Crippen molar-refractivity contribution in [3.8, 4) is 5.75 Å². The van der Waals surface area contributed by atoms with Gasteiger partial charge in [-0.25, -0.2) is 0 Å². The van der Waals surface area contributed by atoms with Gasteiger partial charge in [-0.2, -0.15) is 0 Å². The minimum atomic E-state index is -0.0941. The van der Waals surface area contributed by atoms with E-state index in [1.54, 1.807) is 12.1 Å². The molecule has 0 saturated heterocycles. The Hall–Kier alpha value is -1.81. The fourth-order valence-electron chi connectivity index (χ4n) is 2.31. The van der Waals surface area contributed by atoms with Crippen LogP contribution in [0.15, 0.2) is 36.4 Å². The summed E-state index contributed by atoms with van der Waals surface area (Å²) >= 11 is 0. The van der Waals surface area contributed by atoms with Crippen LogP contribution in [0.2, 0.25) is 0 Å². The minimum absolute atomic E-state index is 0.00938. The Kier molecular flexibility index (Phi) is 5.81. The van der Waals surface area contributed by atoms with Gasteiger partial charge in [-0.15, -0.1) is 0 Å². The van der Waals surface area contributed by atoms with Crippen LogP contribution in [0.25, 0.3) is 0 Å². The third-order valence-electron chi connectivity index (χ3n) is 3.61. The Morgan fingerprint density at radius 3 is 2.71 bits per heavy atom. The van der Waals surface area contributed by atoms with E-state index in [-0.39, 0.29) is 24.5 Å². The fraction of sp³-hybridized carbons (Fsp3) is 0.471. The van der Waals surface area contributed by atoms with Gasteiger partial charge in [-0.1, -0.05) is 25.5 Å². The van der Waals surface area contributed by atoms with Crippen molar-refractivity contribution in [3.63, 3.8) is 0 Å². The minimum Gasteiger partial charge on any atom is -0.494 e. The van der Waals surface area contributed by atoms with E-state index in [1.165, 1.54) is 0 Å². The molecule has 1 aliphatic rings. The molecule has 0 unspecified atom stereocenters. The first kappa shape index (κ1) is 15.6. The summed E-state index contributed by atoms with van der Waals surface area (Å²) < 4.78 is 5.57. The van der Waals surface area contributed by atoms with Crippen molar-refractivity contribution >= 4 is 5.91 Å². The van der Waals surface area contributed by atoms with Gasteiger partial charge in [0.2, 0.25) is 0 Å². The summed E-state index contributed by atoms with van der Waals surface area (Å²) in [6.07, 6.45) is 6.80. The number of carbonyl (C=O) groups excluding carboxylic acids is 1. The van der Waals surface area contributed by atoms with E-state index in [9.17, 15) is 4.79 Å². The number of hydrogen-bond acceptors (Lipinski definition) is 3. The normalized spacial score (nSPS) is 20.5. The van der Waals surface area contributed by atoms with Crippen LogP contribution in [0.5, 0.6) is 5.75 Å². The van der Waals surface area contributed by atoms with Gasteiger partial charge in [0.1, 0.15) is 5.75 Å². The quantitative estimate of drug-likeness (QED) is 0.599. The average Bonchev–Trinajstić information content (AvgIpc) is 2.96. The zero-order valence-electron chi connectivity index (χ0n) is 12.4. The summed E-state index contributed by atoms with van der Waals surface area (Å²) in [6.45, 7) is 2.96. The Morgan fingerprint density at radius 1 is 1.33 bits per heavy atom. The maximum absolute atomic E-state index is 12.1. The Balaban J connectivity index is 1.84. The molecule has 4 heteroatoms. The number of aliphatic hydroxyl groups is 1. The smallest absolute Gasteiger partial charge is 0.251 e. The number of carbonyl (C=O) groups is 1. The van der Waals surface area contributed by atoms with Crippen LogP contribution >= 0.6 is 0 Å². The van der Waals surface area contributed by atoms with E-state index in [0.29, 0.717) is 12.2 Å². The highest BCUT2D eigenvalue weighted by atomic mass is 16.5. The second-order valence-electron chi connectivity index (χ2n) is 5.37. The van der Waals surface area contributed by atoms with Crippen LogP contribution < -0.4 is 10.1 Å². The molecule has 4 nitrogen and oxygen atoms in total. The van der Waals surface area contributed by atoms with Gasteiger partial charge in [0.25, 0.3) is 5.91 Å². The monoisotopic (exact) mass is 289 g/mol. The predicted molar refractivity (Wildman–Crippen MR) is 82.4 cm³/mol. The molecule has 0 saturated carbocycles. The van der Waals surface area contributed by atoms with Gasteiger partial charge in [0.15, 0.2) is 0 Å². The molecule has 0 aromatic heterocycles. The van der Waals surface area contributed by atoms with E-state index in [1.807, 2.05) is 24.3 Å². The number of aliphatic hydroxyl groups excluding tert-OH is 1. The summed E-state index contributed by atoms with van der Waals surface area (Å²) in [5.41, 5.74) is 0.624. The highest BCUT2D eigenvalue weighted by Crippen LogP contribution is 2.18. The zero-order chi connectivity index (χ0) is 15.1. The molecular weight excluding hydrogens is 266 g/mol. The summed E-state index contributed by atoms with van der Waals surface area (Å²) in [6, 6.07) is 7.21. The van der Waals surface area contributed by atoms with E-state index in [4.69, 9.17) is 9.84 Å². The molecule has 0 heterocycles. The summed E-state index contributed by atoms with van der Waals surface area (Å²) in [5, 5.41) is 12.0. The topological polar surface area (TPSA) is 58.6 Å². The number of nitrogens with one attached hydrogen (secondary N) is 1. The van der Waals surface area contributed by atoms with Crippen molar-refractivity contribution in [2.24, 2.45) is 5.92 Å². The first-order valence-electron chi connectivity index (χ1n) is 7.56. The molecule has 0 spiro atoms. The summed E-state index contributed by atoms with van der Waals surface area (Å²) in [5.74, 6) is 0.856. The van der Waals surface area contributed by atoms with E-state index in [0.717, 1.165) is 25.0 Å². The molecular formula is C17H23NO3. The number of unbranched alkanes of at least 4 members (excludes halogenated alkanes) is 1. The molecule has 1 aliphatic carbocycles. The third-order valence-corrected chi connectivity index (χ3v) is 3.61. The molecule has 21 heavy (non-hydrogen) atoms. The molecule has 0 aliphatic heterocycles. The standard InChI is InChI=1S/C17H23NO3/c1-2-3-10-21-16-8-5-14(6-9-16)17(20)18-15-7-4-13(11-15)12-19/h4-9,13,15,19H,2-3,10-12H2,1H3,(H,18,20)/t13-,15+/m0/s1.